The van der Waals surface area contributed by atoms with Gasteiger partial charge >= 0.3 is 0 Å². The molecule has 1 aromatic carbocycles. The zero-order valence-electron chi connectivity index (χ0n) is 11.6. The molecule has 1 aromatic rings. The van der Waals surface area contributed by atoms with Crippen LogP contribution >= 0.6 is 11.6 Å². The van der Waals surface area contributed by atoms with Crippen LogP contribution in [0.4, 0.5) is 0 Å². The molecule has 0 N–H and O–H groups in total. The molecular weight excluding hydrogens is 250 g/mol. The number of hydrogen-bond donors (Lipinski definition) is 0. The quantitative estimate of drug-likeness (QED) is 0.760. The summed E-state index contributed by atoms with van der Waals surface area (Å²) in [4.78, 5) is 2.17. The molecule has 102 valence electrons. The number of nitrogens with zero attached hydrogens (tertiary/aromatic N) is 1. The van der Waals surface area contributed by atoms with Crippen molar-refractivity contribution in [1.82, 2.24) is 4.90 Å². The summed E-state index contributed by atoms with van der Waals surface area (Å²) in [6.07, 6.45) is 2.08. The predicted octanol–water partition coefficient (Wildman–Crippen LogP) is 3.24. The molecule has 0 fully saturated rings. The van der Waals surface area contributed by atoms with Crippen LogP contribution in [0.1, 0.15) is 18.9 Å². The van der Waals surface area contributed by atoms with Crippen molar-refractivity contribution in [3.63, 3.8) is 0 Å². The second-order valence-corrected chi connectivity index (χ2v) is 4.86. The van der Waals surface area contributed by atoms with E-state index < -0.39 is 0 Å². The summed E-state index contributed by atoms with van der Waals surface area (Å²) in [5, 5.41) is 0.621. The summed E-state index contributed by atoms with van der Waals surface area (Å²) in [6.45, 7) is 3.57. The molecule has 18 heavy (non-hydrogen) atoms. The van der Waals surface area contributed by atoms with Gasteiger partial charge in [-0.25, -0.2) is 0 Å². The van der Waals surface area contributed by atoms with Gasteiger partial charge in [0.2, 0.25) is 0 Å². The molecule has 0 aliphatic carbocycles. The van der Waals surface area contributed by atoms with Crippen molar-refractivity contribution in [1.29, 1.82) is 0 Å². The lowest BCUT2D eigenvalue weighted by atomic mass is 10.1. The highest BCUT2D eigenvalue weighted by atomic mass is 35.5. The fourth-order valence-electron chi connectivity index (χ4n) is 1.80. The average Bonchev–Trinajstić information content (AvgIpc) is 2.31. The van der Waals surface area contributed by atoms with Gasteiger partial charge in [-0.05, 0) is 58.1 Å². The summed E-state index contributed by atoms with van der Waals surface area (Å²) >= 11 is 6.22. The number of ether oxygens (including phenoxy) is 2. The molecule has 0 spiro atoms. The number of hydrogen-bond acceptors (Lipinski definition) is 3. The highest BCUT2D eigenvalue weighted by molar-refractivity contribution is 6.32. The van der Waals surface area contributed by atoms with E-state index in [-0.39, 0.29) is 0 Å². The van der Waals surface area contributed by atoms with Crippen LogP contribution < -0.4 is 9.47 Å². The van der Waals surface area contributed by atoms with Crippen LogP contribution in [0, 0.1) is 0 Å². The van der Waals surface area contributed by atoms with Gasteiger partial charge in [-0.15, -0.1) is 0 Å². The zero-order chi connectivity index (χ0) is 13.5. The maximum atomic E-state index is 6.22. The summed E-state index contributed by atoms with van der Waals surface area (Å²) in [7, 11) is 5.79. The van der Waals surface area contributed by atoms with Crippen LogP contribution in [0.3, 0.4) is 0 Å². The normalized spacial score (nSPS) is 10.8. The molecule has 0 saturated carbocycles. The number of aryl methyl sites for hydroxylation is 1. The maximum absolute atomic E-state index is 6.22. The van der Waals surface area contributed by atoms with Gasteiger partial charge in [-0.2, -0.15) is 0 Å². The molecule has 4 heteroatoms. The summed E-state index contributed by atoms with van der Waals surface area (Å²) in [6, 6.07) is 3.97. The lowest BCUT2D eigenvalue weighted by Crippen LogP contribution is -2.13. The molecule has 0 atom stereocenters. The third kappa shape index (κ3) is 4.39. The Balaban J connectivity index is 2.79. The Kier molecular flexibility index (Phi) is 6.30. The van der Waals surface area contributed by atoms with E-state index in [0.717, 1.165) is 19.4 Å². The third-order valence-corrected chi connectivity index (χ3v) is 2.93. The second kappa shape index (κ2) is 7.49. The topological polar surface area (TPSA) is 21.7 Å². The van der Waals surface area contributed by atoms with E-state index in [1.807, 2.05) is 19.1 Å². The van der Waals surface area contributed by atoms with Gasteiger partial charge in [0.1, 0.15) is 0 Å². The molecule has 0 aliphatic heterocycles. The predicted molar refractivity (Wildman–Crippen MR) is 76.0 cm³/mol. The van der Waals surface area contributed by atoms with Crippen molar-refractivity contribution in [2.45, 2.75) is 19.8 Å². The Hall–Kier alpha value is -0.930. The van der Waals surface area contributed by atoms with Gasteiger partial charge in [0.05, 0.1) is 18.7 Å². The largest absolute Gasteiger partial charge is 0.493 e. The molecule has 0 bridgehead atoms. The lowest BCUT2D eigenvalue weighted by molar-refractivity contribution is 0.311. The number of methoxy groups -OCH3 is 1. The zero-order valence-corrected chi connectivity index (χ0v) is 12.4. The molecule has 1 rings (SSSR count). The molecule has 0 amide bonds. The van der Waals surface area contributed by atoms with Crippen molar-refractivity contribution < 1.29 is 9.47 Å². The molecule has 3 nitrogen and oxygen atoms in total. The molecule has 0 heterocycles. The van der Waals surface area contributed by atoms with Crippen LogP contribution in [-0.4, -0.2) is 39.3 Å². The molecule has 0 saturated heterocycles. The van der Waals surface area contributed by atoms with Gasteiger partial charge in [0, 0.05) is 0 Å². The van der Waals surface area contributed by atoms with Crippen LogP contribution in [0.15, 0.2) is 12.1 Å². The van der Waals surface area contributed by atoms with Crippen molar-refractivity contribution in [3.8, 4) is 11.5 Å². The van der Waals surface area contributed by atoms with E-state index in [9.17, 15) is 0 Å². The molecule has 0 radical (unpaired) electrons. The minimum atomic E-state index is 0.579. The van der Waals surface area contributed by atoms with Crippen LogP contribution in [-0.2, 0) is 6.42 Å². The van der Waals surface area contributed by atoms with Gasteiger partial charge in [-0.3, -0.25) is 0 Å². The highest BCUT2D eigenvalue weighted by Gasteiger charge is 2.11. The summed E-state index contributed by atoms with van der Waals surface area (Å²) in [5.41, 5.74) is 1.18. The monoisotopic (exact) mass is 271 g/mol. The minimum Gasteiger partial charge on any atom is -0.493 e. The number of rotatable bonds is 7. The lowest BCUT2D eigenvalue weighted by Gasteiger charge is -2.14. The summed E-state index contributed by atoms with van der Waals surface area (Å²) < 4.78 is 10.8. The number of benzene rings is 1. The van der Waals surface area contributed by atoms with E-state index >= 15 is 0 Å². The maximum Gasteiger partial charge on any atom is 0.179 e. The first-order valence-electron chi connectivity index (χ1n) is 6.22. The van der Waals surface area contributed by atoms with E-state index in [0.29, 0.717) is 23.1 Å². The van der Waals surface area contributed by atoms with E-state index in [1.54, 1.807) is 7.11 Å². The smallest absolute Gasteiger partial charge is 0.179 e. The molecule has 0 aliphatic rings. The van der Waals surface area contributed by atoms with Crippen molar-refractivity contribution >= 4 is 11.6 Å². The van der Waals surface area contributed by atoms with Gasteiger partial charge in [0.25, 0.3) is 0 Å². The van der Waals surface area contributed by atoms with E-state index in [4.69, 9.17) is 21.1 Å². The molecular formula is C14H22ClNO2. The van der Waals surface area contributed by atoms with Gasteiger partial charge < -0.3 is 14.4 Å². The Morgan fingerprint density at radius 1 is 1.28 bits per heavy atom. The average molecular weight is 272 g/mol. The summed E-state index contributed by atoms with van der Waals surface area (Å²) in [5.74, 6) is 1.35. The Morgan fingerprint density at radius 3 is 2.56 bits per heavy atom. The third-order valence-electron chi connectivity index (χ3n) is 2.65. The van der Waals surface area contributed by atoms with Crippen LogP contribution in [0.2, 0.25) is 5.02 Å². The van der Waals surface area contributed by atoms with Gasteiger partial charge in [0.15, 0.2) is 11.5 Å². The van der Waals surface area contributed by atoms with Crippen molar-refractivity contribution in [2.75, 3.05) is 34.4 Å². The van der Waals surface area contributed by atoms with Crippen molar-refractivity contribution in [2.24, 2.45) is 0 Å². The first kappa shape index (κ1) is 15.1. The van der Waals surface area contributed by atoms with Crippen LogP contribution in [0.5, 0.6) is 11.5 Å². The first-order chi connectivity index (χ1) is 8.58. The second-order valence-electron chi connectivity index (χ2n) is 4.45. The SMILES string of the molecule is CCOc1c(Cl)cc(CCCN(C)C)cc1OC. The molecule has 0 unspecified atom stereocenters. The fraction of sp³-hybridized carbons (Fsp3) is 0.571. The van der Waals surface area contributed by atoms with Crippen molar-refractivity contribution in [3.05, 3.63) is 22.7 Å². The number of halogens is 1. The Labute approximate surface area is 115 Å². The molecule has 0 aromatic heterocycles. The van der Waals surface area contributed by atoms with E-state index in [1.165, 1.54) is 5.56 Å². The standard InChI is InChI=1S/C14H22ClNO2/c1-5-18-14-12(15)9-11(10-13(14)17-4)7-6-8-16(2)3/h9-10H,5-8H2,1-4H3. The Morgan fingerprint density at radius 2 is 2.00 bits per heavy atom. The minimum absolute atomic E-state index is 0.579. The Bertz CT molecular complexity index is 380. The van der Waals surface area contributed by atoms with Crippen LogP contribution in [0.25, 0.3) is 0 Å². The van der Waals surface area contributed by atoms with E-state index in [2.05, 4.69) is 19.0 Å². The fourth-order valence-corrected chi connectivity index (χ4v) is 2.09. The highest BCUT2D eigenvalue weighted by Crippen LogP contribution is 2.36. The van der Waals surface area contributed by atoms with Gasteiger partial charge in [-0.1, -0.05) is 11.6 Å². The first-order valence-corrected chi connectivity index (χ1v) is 6.60.